The van der Waals surface area contributed by atoms with Crippen molar-refractivity contribution >= 4 is 39.8 Å². The molecular weight excluding hydrogens is 241 g/mol. The lowest BCUT2D eigenvalue weighted by atomic mass is 10.2. The predicted molar refractivity (Wildman–Crippen MR) is 56.2 cm³/mol. The number of rotatable bonds is 1. The van der Waals surface area contributed by atoms with Gasteiger partial charge < -0.3 is 0 Å². The number of nitrogens with zero attached hydrogens (tertiary/aromatic N) is 3. The largest absolute Gasteiger partial charge is 0.270 e. The van der Waals surface area contributed by atoms with Crippen LogP contribution >= 0.6 is 23.2 Å². The number of non-ortho nitro benzene ring substituents is 1. The molecule has 0 bridgehead atoms. The molecule has 0 aliphatic heterocycles. The van der Waals surface area contributed by atoms with Gasteiger partial charge in [-0.3, -0.25) is 10.1 Å². The Morgan fingerprint density at radius 1 is 1.27 bits per heavy atom. The van der Waals surface area contributed by atoms with Gasteiger partial charge in [0.15, 0.2) is 0 Å². The Kier molecular flexibility index (Phi) is 2.42. The Morgan fingerprint density at radius 3 is 2.67 bits per heavy atom. The fourth-order valence-electron chi connectivity index (χ4n) is 1.17. The van der Waals surface area contributed by atoms with E-state index in [0.717, 1.165) is 0 Å². The zero-order valence-electron chi connectivity index (χ0n) is 7.15. The zero-order valence-corrected chi connectivity index (χ0v) is 8.66. The maximum absolute atomic E-state index is 10.5. The third-order valence-electron chi connectivity index (χ3n) is 1.82. The van der Waals surface area contributed by atoms with Gasteiger partial charge in [-0.15, -0.1) is 0 Å². The standard InChI is InChI=1S/C8H3Cl2N3O2/c9-7-5-3-4(13(14)15)1-2-6(5)11-8(10)12-7/h1-3H. The van der Waals surface area contributed by atoms with Crippen molar-refractivity contribution in [2.75, 3.05) is 0 Å². The lowest BCUT2D eigenvalue weighted by Crippen LogP contribution is -1.90. The number of hydrogen-bond acceptors (Lipinski definition) is 4. The summed E-state index contributed by atoms with van der Waals surface area (Å²) in [5.41, 5.74) is 0.418. The molecule has 0 unspecified atom stereocenters. The summed E-state index contributed by atoms with van der Waals surface area (Å²) in [6.07, 6.45) is 0. The van der Waals surface area contributed by atoms with Gasteiger partial charge in [0.2, 0.25) is 5.28 Å². The van der Waals surface area contributed by atoms with Crippen LogP contribution in [0.3, 0.4) is 0 Å². The van der Waals surface area contributed by atoms with E-state index in [1.807, 2.05) is 0 Å². The number of fused-ring (bicyclic) bond motifs is 1. The van der Waals surface area contributed by atoms with Gasteiger partial charge in [0, 0.05) is 17.5 Å². The molecule has 0 fully saturated rings. The van der Waals surface area contributed by atoms with Crippen LogP contribution in [-0.4, -0.2) is 14.9 Å². The normalized spacial score (nSPS) is 10.5. The second kappa shape index (κ2) is 3.60. The quantitative estimate of drug-likeness (QED) is 0.334. The molecule has 0 spiro atoms. The van der Waals surface area contributed by atoms with Crippen molar-refractivity contribution in [3.8, 4) is 0 Å². The molecule has 1 aromatic carbocycles. The van der Waals surface area contributed by atoms with Gasteiger partial charge in [0.1, 0.15) is 5.15 Å². The fourth-order valence-corrected chi connectivity index (χ4v) is 1.62. The summed E-state index contributed by atoms with van der Waals surface area (Å²) in [7, 11) is 0. The first-order chi connectivity index (χ1) is 7.08. The Bertz CT molecular complexity index is 559. The van der Waals surface area contributed by atoms with Gasteiger partial charge in [-0.25, -0.2) is 9.97 Å². The van der Waals surface area contributed by atoms with Crippen LogP contribution in [0.15, 0.2) is 18.2 Å². The van der Waals surface area contributed by atoms with Gasteiger partial charge >= 0.3 is 0 Å². The van der Waals surface area contributed by atoms with Crippen LogP contribution in [0.2, 0.25) is 10.4 Å². The molecule has 0 saturated heterocycles. The van der Waals surface area contributed by atoms with E-state index < -0.39 is 4.92 Å². The summed E-state index contributed by atoms with van der Waals surface area (Å²) in [5.74, 6) is 0. The van der Waals surface area contributed by atoms with Crippen LogP contribution < -0.4 is 0 Å². The van der Waals surface area contributed by atoms with Crippen LogP contribution in [0.4, 0.5) is 5.69 Å². The molecule has 2 rings (SSSR count). The molecule has 0 radical (unpaired) electrons. The lowest BCUT2D eigenvalue weighted by Gasteiger charge is -1.99. The van der Waals surface area contributed by atoms with E-state index in [1.165, 1.54) is 18.2 Å². The van der Waals surface area contributed by atoms with Gasteiger partial charge in [0.25, 0.3) is 5.69 Å². The molecular formula is C8H3Cl2N3O2. The molecule has 1 aromatic heterocycles. The number of aromatic nitrogens is 2. The van der Waals surface area contributed by atoms with E-state index in [4.69, 9.17) is 23.2 Å². The highest BCUT2D eigenvalue weighted by molar-refractivity contribution is 6.35. The Morgan fingerprint density at radius 2 is 2.00 bits per heavy atom. The fraction of sp³-hybridized carbons (Fsp3) is 0. The average Bonchev–Trinajstić information content (AvgIpc) is 2.16. The molecule has 1 heterocycles. The smallest absolute Gasteiger partial charge is 0.258 e. The zero-order chi connectivity index (χ0) is 11.0. The van der Waals surface area contributed by atoms with E-state index in [1.54, 1.807) is 0 Å². The second-order valence-electron chi connectivity index (χ2n) is 2.74. The van der Waals surface area contributed by atoms with Crippen molar-refractivity contribution in [2.24, 2.45) is 0 Å². The molecule has 0 amide bonds. The van der Waals surface area contributed by atoms with Crippen molar-refractivity contribution < 1.29 is 4.92 Å². The molecule has 15 heavy (non-hydrogen) atoms. The summed E-state index contributed by atoms with van der Waals surface area (Å²) in [6.45, 7) is 0. The Balaban J connectivity index is 2.76. The summed E-state index contributed by atoms with van der Waals surface area (Å²) in [6, 6.07) is 4.13. The van der Waals surface area contributed by atoms with Crippen molar-refractivity contribution in [3.63, 3.8) is 0 Å². The number of nitro groups is 1. The first kappa shape index (κ1) is 10.1. The second-order valence-corrected chi connectivity index (χ2v) is 3.44. The number of benzene rings is 1. The minimum absolute atomic E-state index is 0.0151. The van der Waals surface area contributed by atoms with Crippen molar-refractivity contribution in [1.82, 2.24) is 9.97 Å². The number of nitro benzene ring substituents is 1. The van der Waals surface area contributed by atoms with Gasteiger partial charge in [0.05, 0.1) is 10.4 Å². The average molecular weight is 244 g/mol. The lowest BCUT2D eigenvalue weighted by molar-refractivity contribution is -0.384. The highest BCUT2D eigenvalue weighted by atomic mass is 35.5. The molecule has 7 heteroatoms. The van der Waals surface area contributed by atoms with E-state index in [2.05, 4.69) is 9.97 Å². The molecule has 5 nitrogen and oxygen atoms in total. The van der Waals surface area contributed by atoms with Crippen LogP contribution in [-0.2, 0) is 0 Å². The van der Waals surface area contributed by atoms with Crippen LogP contribution in [0, 0.1) is 10.1 Å². The summed E-state index contributed by atoms with van der Waals surface area (Å²) >= 11 is 11.4. The summed E-state index contributed by atoms with van der Waals surface area (Å²) in [4.78, 5) is 17.6. The van der Waals surface area contributed by atoms with E-state index in [0.29, 0.717) is 10.9 Å². The Hall–Kier alpha value is -1.46. The minimum Gasteiger partial charge on any atom is -0.258 e. The maximum atomic E-state index is 10.5. The SMILES string of the molecule is O=[N+]([O-])c1ccc2nc(Cl)nc(Cl)c2c1. The molecule has 0 aliphatic carbocycles. The van der Waals surface area contributed by atoms with Crippen LogP contribution in [0.5, 0.6) is 0 Å². The first-order valence-electron chi connectivity index (χ1n) is 3.85. The Labute approximate surface area is 93.8 Å². The molecule has 2 aromatic rings. The van der Waals surface area contributed by atoms with E-state index in [-0.39, 0.29) is 16.1 Å². The summed E-state index contributed by atoms with van der Waals surface area (Å²) < 4.78 is 0. The first-order valence-corrected chi connectivity index (χ1v) is 4.61. The van der Waals surface area contributed by atoms with Gasteiger partial charge in [-0.1, -0.05) is 11.6 Å². The van der Waals surface area contributed by atoms with Gasteiger partial charge in [-0.2, -0.15) is 0 Å². The third-order valence-corrected chi connectivity index (χ3v) is 2.27. The third kappa shape index (κ3) is 1.84. The van der Waals surface area contributed by atoms with Gasteiger partial charge in [-0.05, 0) is 17.7 Å². The van der Waals surface area contributed by atoms with E-state index in [9.17, 15) is 10.1 Å². The van der Waals surface area contributed by atoms with E-state index >= 15 is 0 Å². The molecule has 76 valence electrons. The number of hydrogen-bond donors (Lipinski definition) is 0. The molecule has 0 N–H and O–H groups in total. The van der Waals surface area contributed by atoms with Crippen molar-refractivity contribution in [1.29, 1.82) is 0 Å². The molecule has 0 saturated carbocycles. The number of halogens is 2. The van der Waals surface area contributed by atoms with Crippen LogP contribution in [0.25, 0.3) is 10.9 Å². The molecule has 0 atom stereocenters. The van der Waals surface area contributed by atoms with Crippen molar-refractivity contribution in [2.45, 2.75) is 0 Å². The summed E-state index contributed by atoms with van der Waals surface area (Å²) in [5, 5.41) is 11.1. The maximum Gasteiger partial charge on any atom is 0.270 e. The monoisotopic (exact) mass is 243 g/mol. The topological polar surface area (TPSA) is 68.9 Å². The predicted octanol–water partition coefficient (Wildman–Crippen LogP) is 2.84. The minimum atomic E-state index is -0.510. The highest BCUT2D eigenvalue weighted by Gasteiger charge is 2.10. The van der Waals surface area contributed by atoms with Crippen molar-refractivity contribution in [3.05, 3.63) is 38.8 Å². The highest BCUT2D eigenvalue weighted by Crippen LogP contribution is 2.25. The van der Waals surface area contributed by atoms with Crippen LogP contribution in [0.1, 0.15) is 0 Å². The molecule has 0 aliphatic rings.